The van der Waals surface area contributed by atoms with E-state index in [1.807, 2.05) is 0 Å². The average molecular weight is 306 g/mol. The van der Waals surface area contributed by atoms with Crippen molar-refractivity contribution in [2.75, 3.05) is 7.05 Å². The zero-order valence-electron chi connectivity index (χ0n) is 12.4. The maximum absolute atomic E-state index is 12.5. The van der Waals surface area contributed by atoms with E-state index in [1.54, 1.807) is 19.1 Å². The second-order valence-corrected chi connectivity index (χ2v) is 4.66. The minimum Gasteiger partial charge on any atom is -0.507 e. The lowest BCUT2D eigenvalue weighted by Gasteiger charge is -2.25. The molecule has 7 heteroatoms. The Balaban J connectivity index is 3.21. The van der Waals surface area contributed by atoms with Gasteiger partial charge in [0.2, 0.25) is 12.3 Å². The summed E-state index contributed by atoms with van der Waals surface area (Å²) in [6.45, 7) is 1.61. The molecule has 0 aliphatic rings. The fourth-order valence-electron chi connectivity index (χ4n) is 2.11. The van der Waals surface area contributed by atoms with Gasteiger partial charge >= 0.3 is 0 Å². The van der Waals surface area contributed by atoms with E-state index >= 15 is 0 Å². The molecule has 0 aliphatic carbocycles. The van der Waals surface area contributed by atoms with Crippen LogP contribution in [0.4, 0.5) is 0 Å². The Labute approximate surface area is 127 Å². The summed E-state index contributed by atoms with van der Waals surface area (Å²) < 4.78 is 0. The second-order valence-electron chi connectivity index (χ2n) is 4.66. The molecule has 0 aliphatic heterocycles. The number of imide groups is 1. The van der Waals surface area contributed by atoms with E-state index in [-0.39, 0.29) is 30.6 Å². The number of phenols is 1. The predicted molar refractivity (Wildman–Crippen MR) is 78.2 cm³/mol. The number of aryl methyl sites for hydroxylation is 1. The molecule has 22 heavy (non-hydrogen) atoms. The summed E-state index contributed by atoms with van der Waals surface area (Å²) in [5, 5.41) is 12.2. The molecule has 0 saturated heterocycles. The summed E-state index contributed by atoms with van der Waals surface area (Å²) in [4.78, 5) is 46.9. The van der Waals surface area contributed by atoms with E-state index in [2.05, 4.69) is 5.32 Å². The van der Waals surface area contributed by atoms with Crippen molar-refractivity contribution in [3.63, 3.8) is 0 Å². The maximum atomic E-state index is 12.5. The van der Waals surface area contributed by atoms with Gasteiger partial charge in [-0.15, -0.1) is 0 Å². The molecule has 2 N–H and O–H groups in total. The van der Waals surface area contributed by atoms with Crippen molar-refractivity contribution < 1.29 is 24.3 Å². The van der Waals surface area contributed by atoms with Crippen LogP contribution in [0.5, 0.6) is 5.75 Å². The van der Waals surface area contributed by atoms with Crippen LogP contribution in [-0.2, 0) is 14.4 Å². The summed E-state index contributed by atoms with van der Waals surface area (Å²) >= 11 is 0. The Hall–Kier alpha value is -2.70. The summed E-state index contributed by atoms with van der Waals surface area (Å²) in [6.07, 6.45) is 0.878. The van der Waals surface area contributed by atoms with Gasteiger partial charge in [-0.3, -0.25) is 19.3 Å². The highest BCUT2D eigenvalue weighted by molar-refractivity contribution is 6.05. The first-order chi connectivity index (χ1) is 10.5. The van der Waals surface area contributed by atoms with Crippen LogP contribution >= 0.6 is 0 Å². The van der Waals surface area contributed by atoms with E-state index in [0.29, 0.717) is 16.7 Å². The molecule has 3 amide bonds. The molecule has 1 aromatic carbocycles. The van der Waals surface area contributed by atoms with Crippen molar-refractivity contribution in [3.05, 3.63) is 29.3 Å². The van der Waals surface area contributed by atoms with Gasteiger partial charge in [0.15, 0.2) is 0 Å². The summed E-state index contributed by atoms with van der Waals surface area (Å²) in [6, 6.07) is 3.38. The Morgan fingerprint density at radius 1 is 1.36 bits per heavy atom. The van der Waals surface area contributed by atoms with Crippen LogP contribution in [0.1, 0.15) is 28.8 Å². The van der Waals surface area contributed by atoms with Gasteiger partial charge in [-0.1, -0.05) is 12.1 Å². The number of hydrogen-bond acceptors (Lipinski definition) is 5. The van der Waals surface area contributed by atoms with Gasteiger partial charge < -0.3 is 15.2 Å². The van der Waals surface area contributed by atoms with Crippen LogP contribution in [0, 0.1) is 6.92 Å². The molecule has 0 heterocycles. The number of carbonyl (C=O) groups excluding carboxylic acids is 4. The van der Waals surface area contributed by atoms with Crippen LogP contribution in [0.2, 0.25) is 0 Å². The van der Waals surface area contributed by atoms with E-state index in [0.717, 1.165) is 0 Å². The molecule has 0 spiro atoms. The van der Waals surface area contributed by atoms with Crippen molar-refractivity contribution in [2.45, 2.75) is 25.8 Å². The third-order valence-corrected chi connectivity index (χ3v) is 3.26. The number of likely N-dealkylation sites (N-methyl/N-ethyl adjacent to an activating group) is 1. The van der Waals surface area contributed by atoms with E-state index in [1.165, 1.54) is 13.1 Å². The molecule has 1 aromatic rings. The first-order valence-electron chi connectivity index (χ1n) is 6.69. The second kappa shape index (κ2) is 7.92. The molecule has 1 rings (SSSR count). The van der Waals surface area contributed by atoms with Crippen LogP contribution in [0.25, 0.3) is 0 Å². The molecule has 0 bridgehead atoms. The number of rotatable bonds is 7. The average Bonchev–Trinajstić information content (AvgIpc) is 2.50. The molecule has 7 nitrogen and oxygen atoms in total. The number of carbonyl (C=O) groups is 4. The third kappa shape index (κ3) is 3.69. The Kier molecular flexibility index (Phi) is 6.25. The van der Waals surface area contributed by atoms with Crippen LogP contribution in [-0.4, -0.2) is 47.6 Å². The van der Waals surface area contributed by atoms with Gasteiger partial charge in [-0.25, -0.2) is 0 Å². The van der Waals surface area contributed by atoms with E-state index in [9.17, 15) is 24.3 Å². The Morgan fingerprint density at radius 2 is 2.05 bits per heavy atom. The lowest BCUT2D eigenvalue weighted by Crippen LogP contribution is -2.48. The van der Waals surface area contributed by atoms with Crippen molar-refractivity contribution >= 4 is 24.5 Å². The lowest BCUT2D eigenvalue weighted by molar-refractivity contribution is -0.131. The molecule has 0 radical (unpaired) electrons. The summed E-state index contributed by atoms with van der Waals surface area (Å²) in [5.41, 5.74) is 0.428. The molecular weight excluding hydrogens is 288 g/mol. The van der Waals surface area contributed by atoms with Gasteiger partial charge in [0.1, 0.15) is 18.1 Å². The first kappa shape index (κ1) is 17.4. The predicted octanol–water partition coefficient (Wildman–Crippen LogP) is 0.393. The normalized spacial score (nSPS) is 11.4. The van der Waals surface area contributed by atoms with Gasteiger partial charge in [-0.05, 0) is 25.0 Å². The number of aromatic hydroxyl groups is 1. The Morgan fingerprint density at radius 3 is 2.55 bits per heavy atom. The molecule has 118 valence electrons. The number of amides is 3. The lowest BCUT2D eigenvalue weighted by atomic mass is 10.0. The molecular formula is C15H18N2O5. The largest absolute Gasteiger partial charge is 0.507 e. The van der Waals surface area contributed by atoms with Crippen molar-refractivity contribution in [1.29, 1.82) is 0 Å². The van der Waals surface area contributed by atoms with Gasteiger partial charge in [0.25, 0.3) is 5.91 Å². The van der Waals surface area contributed by atoms with Gasteiger partial charge in [-0.2, -0.15) is 0 Å². The van der Waals surface area contributed by atoms with Crippen LogP contribution < -0.4 is 5.32 Å². The fraction of sp³-hybridized carbons (Fsp3) is 0.333. The Bertz CT molecular complexity index is 565. The summed E-state index contributed by atoms with van der Waals surface area (Å²) in [7, 11) is 1.37. The maximum Gasteiger partial charge on any atom is 0.265 e. The SMILES string of the molecule is CNC(=O)C(CCC=O)N(C=O)C(=O)c1c(C)cccc1O. The molecule has 0 aromatic heterocycles. The van der Waals surface area contributed by atoms with Crippen molar-refractivity contribution in [3.8, 4) is 5.75 Å². The molecule has 1 unspecified atom stereocenters. The minimum absolute atomic E-state index is 0.0142. The number of nitrogens with zero attached hydrogens (tertiary/aromatic N) is 1. The zero-order chi connectivity index (χ0) is 16.7. The summed E-state index contributed by atoms with van der Waals surface area (Å²) in [5.74, 6) is -1.62. The van der Waals surface area contributed by atoms with E-state index < -0.39 is 17.9 Å². The number of nitrogens with one attached hydrogen (secondary N) is 1. The molecule has 0 fully saturated rings. The zero-order valence-corrected chi connectivity index (χ0v) is 12.4. The van der Waals surface area contributed by atoms with Crippen LogP contribution in [0.15, 0.2) is 18.2 Å². The standard InChI is InChI=1S/C15H18N2O5/c1-10-5-3-7-12(20)13(10)15(22)17(9-19)11(6-4-8-18)14(21)16-2/h3,5,7-9,11,20H,4,6H2,1-2H3,(H,16,21). The van der Waals surface area contributed by atoms with Gasteiger partial charge in [0.05, 0.1) is 5.56 Å². The van der Waals surface area contributed by atoms with E-state index in [4.69, 9.17) is 0 Å². The number of hydrogen-bond donors (Lipinski definition) is 2. The smallest absolute Gasteiger partial charge is 0.265 e. The minimum atomic E-state index is -1.11. The fourth-order valence-corrected chi connectivity index (χ4v) is 2.11. The quantitative estimate of drug-likeness (QED) is 0.709. The highest BCUT2D eigenvalue weighted by atomic mass is 16.3. The number of phenolic OH excluding ortho intramolecular Hbond substituents is 1. The number of aldehydes is 1. The van der Waals surface area contributed by atoms with Gasteiger partial charge in [0, 0.05) is 13.5 Å². The molecule has 0 saturated carbocycles. The molecule has 1 atom stereocenters. The number of benzene rings is 1. The highest BCUT2D eigenvalue weighted by Crippen LogP contribution is 2.23. The van der Waals surface area contributed by atoms with Crippen molar-refractivity contribution in [2.24, 2.45) is 0 Å². The van der Waals surface area contributed by atoms with Crippen molar-refractivity contribution in [1.82, 2.24) is 10.2 Å². The first-order valence-corrected chi connectivity index (χ1v) is 6.69. The van der Waals surface area contributed by atoms with Crippen LogP contribution in [0.3, 0.4) is 0 Å². The highest BCUT2D eigenvalue weighted by Gasteiger charge is 2.31. The third-order valence-electron chi connectivity index (χ3n) is 3.26. The monoisotopic (exact) mass is 306 g/mol. The topological polar surface area (TPSA) is 104 Å².